The van der Waals surface area contributed by atoms with Crippen molar-refractivity contribution in [1.82, 2.24) is 44.5 Å². The maximum atomic E-state index is 13.9. The number of thiazole rings is 2. The molecule has 9 heterocycles. The number of amides is 2. The lowest BCUT2D eigenvalue weighted by atomic mass is 9.55. The topological polar surface area (TPSA) is 168 Å². The van der Waals surface area contributed by atoms with Crippen molar-refractivity contribution in [3.8, 4) is 16.9 Å². The standard InChI is InChI=1S/C30H26N6OS.C26H25N5O2S/c1-29-17-30(2,25(36-18-32-35-26(29)36)23-5-3-4-6-24(23)29)27(37)34-28-33-22(16-38-28)15-19-7-9-20(10-8-19)21-11-13-31-14-12-21;1-25-14-26(2,21(31-15-27-30-22(25)31)19-6-4-5-7-20(19)25)23(32)29-24-28-17(13-34-24)12-16-8-10-18(33-3)11-9-16/h3-14,16,18,25H,15,17H2,1-2H3,(H,33,34,37);4-11,13,15,21H,12,14H2,1-3H3,(H,28,29,32). The average Bonchev–Trinajstić information content (AvgIpc) is 4.25. The normalized spacial score (nSPS) is 23.7. The van der Waals surface area contributed by atoms with E-state index in [0.717, 1.165) is 45.5 Å². The highest BCUT2D eigenvalue weighted by molar-refractivity contribution is 7.14. The first-order valence-electron chi connectivity index (χ1n) is 24.0. The molecule has 15 rings (SSSR count). The third-order valence-corrected chi connectivity index (χ3v) is 17.1. The van der Waals surface area contributed by atoms with Gasteiger partial charge in [-0.3, -0.25) is 14.6 Å². The number of ether oxygens (including phenoxy) is 1. The first kappa shape index (κ1) is 45.4. The van der Waals surface area contributed by atoms with Crippen molar-refractivity contribution in [2.75, 3.05) is 17.7 Å². The van der Waals surface area contributed by atoms with Crippen LogP contribution in [0.2, 0.25) is 0 Å². The van der Waals surface area contributed by atoms with Crippen LogP contribution < -0.4 is 15.4 Å². The van der Waals surface area contributed by atoms with Crippen molar-refractivity contribution in [1.29, 1.82) is 0 Å². The Morgan fingerprint density at radius 1 is 0.611 bits per heavy atom. The molecule has 4 bridgehead atoms. The largest absolute Gasteiger partial charge is 0.497 e. The smallest absolute Gasteiger partial charge is 0.234 e. The van der Waals surface area contributed by atoms with Crippen LogP contribution in [-0.4, -0.2) is 63.4 Å². The summed E-state index contributed by atoms with van der Waals surface area (Å²) in [6.07, 6.45) is 9.86. The second-order valence-electron chi connectivity index (χ2n) is 20.3. The van der Waals surface area contributed by atoms with Crippen molar-refractivity contribution in [2.24, 2.45) is 10.8 Å². The number of hydrogen-bond donors (Lipinski definition) is 2. The molecule has 2 amide bonds. The molecule has 6 aliphatic rings. The van der Waals surface area contributed by atoms with Gasteiger partial charge in [0.1, 0.15) is 30.1 Å². The predicted octanol–water partition coefficient (Wildman–Crippen LogP) is 10.2. The van der Waals surface area contributed by atoms with E-state index < -0.39 is 10.8 Å². The molecule has 14 nitrogen and oxygen atoms in total. The Labute approximate surface area is 424 Å². The highest BCUT2D eigenvalue weighted by Gasteiger charge is 2.61. The molecule has 6 unspecified atom stereocenters. The van der Waals surface area contributed by atoms with Gasteiger partial charge >= 0.3 is 0 Å². The van der Waals surface area contributed by atoms with E-state index in [9.17, 15) is 9.59 Å². The van der Waals surface area contributed by atoms with E-state index in [1.165, 1.54) is 50.5 Å². The fraction of sp³-hybridized carbons (Fsp3) is 0.268. The van der Waals surface area contributed by atoms with Crippen molar-refractivity contribution in [3.05, 3.63) is 201 Å². The minimum Gasteiger partial charge on any atom is -0.497 e. The number of nitrogens with one attached hydrogen (secondary N) is 2. The summed E-state index contributed by atoms with van der Waals surface area (Å²) in [6, 6.07) is 36.9. The molecular weight excluding hydrogens is 939 g/mol. The lowest BCUT2D eigenvalue weighted by molar-refractivity contribution is -0.130. The summed E-state index contributed by atoms with van der Waals surface area (Å²) in [4.78, 5) is 41.2. The number of methoxy groups -OCH3 is 1. The maximum absolute atomic E-state index is 13.9. The van der Waals surface area contributed by atoms with Gasteiger partial charge in [0.25, 0.3) is 0 Å². The number of carbonyl (C=O) groups is 2. The predicted molar refractivity (Wildman–Crippen MR) is 277 cm³/mol. The van der Waals surface area contributed by atoms with Gasteiger partial charge in [0.15, 0.2) is 10.3 Å². The second-order valence-corrected chi connectivity index (χ2v) is 22.0. The molecule has 0 saturated carbocycles. The molecule has 0 saturated heterocycles. The van der Waals surface area contributed by atoms with Gasteiger partial charge in [-0.1, -0.05) is 84.9 Å². The van der Waals surface area contributed by atoms with Gasteiger partial charge in [0.2, 0.25) is 11.8 Å². The quantitative estimate of drug-likeness (QED) is 0.135. The van der Waals surface area contributed by atoms with E-state index in [-0.39, 0.29) is 34.7 Å². The van der Waals surface area contributed by atoms with Crippen LogP contribution in [0.15, 0.2) is 145 Å². The van der Waals surface area contributed by atoms with Gasteiger partial charge in [-0.05, 0) is 109 Å². The molecule has 4 aliphatic heterocycles. The zero-order chi connectivity index (χ0) is 49.4. The molecule has 0 spiro atoms. The first-order valence-corrected chi connectivity index (χ1v) is 25.8. The fourth-order valence-electron chi connectivity index (χ4n) is 12.3. The zero-order valence-electron chi connectivity index (χ0n) is 40.4. The van der Waals surface area contributed by atoms with Gasteiger partial charge < -0.3 is 24.5 Å². The number of hydrogen-bond acceptors (Lipinski definition) is 12. The Bertz CT molecular complexity index is 3510. The molecule has 0 fully saturated rings. The molecule has 0 radical (unpaired) electrons. The minimum absolute atomic E-state index is 0.0230. The van der Waals surface area contributed by atoms with Crippen LogP contribution in [0.3, 0.4) is 0 Å². The Morgan fingerprint density at radius 2 is 1.06 bits per heavy atom. The van der Waals surface area contributed by atoms with Gasteiger partial charge in [0, 0.05) is 36.0 Å². The molecule has 5 aromatic heterocycles. The van der Waals surface area contributed by atoms with Crippen molar-refractivity contribution in [3.63, 3.8) is 0 Å². The summed E-state index contributed by atoms with van der Waals surface area (Å²) < 4.78 is 9.41. The van der Waals surface area contributed by atoms with Gasteiger partial charge in [-0.25, -0.2) is 9.97 Å². The zero-order valence-corrected chi connectivity index (χ0v) is 42.0. The Morgan fingerprint density at radius 3 is 1.53 bits per heavy atom. The number of aromatic nitrogens is 9. The molecular formula is C56H51N11O3S2. The highest BCUT2D eigenvalue weighted by atomic mass is 32.1. The van der Waals surface area contributed by atoms with Crippen molar-refractivity contribution < 1.29 is 14.3 Å². The van der Waals surface area contributed by atoms with E-state index in [2.05, 4.69) is 134 Å². The number of fused-ring (bicyclic) bond motifs is 2. The molecule has 72 heavy (non-hydrogen) atoms. The molecule has 6 atom stereocenters. The van der Waals surface area contributed by atoms with Crippen LogP contribution in [0.25, 0.3) is 11.1 Å². The van der Waals surface area contributed by atoms with Gasteiger partial charge in [-0.15, -0.1) is 43.1 Å². The van der Waals surface area contributed by atoms with Crippen LogP contribution in [0.4, 0.5) is 10.3 Å². The fourth-order valence-corrected chi connectivity index (χ4v) is 13.7. The van der Waals surface area contributed by atoms with E-state index >= 15 is 0 Å². The summed E-state index contributed by atoms with van der Waals surface area (Å²) in [5, 5.41) is 28.9. The van der Waals surface area contributed by atoms with Crippen LogP contribution in [0.5, 0.6) is 5.75 Å². The summed E-state index contributed by atoms with van der Waals surface area (Å²) >= 11 is 2.93. The van der Waals surface area contributed by atoms with Gasteiger partial charge in [-0.2, -0.15) is 0 Å². The molecule has 360 valence electrons. The third-order valence-electron chi connectivity index (χ3n) is 15.5. The lowest BCUT2D eigenvalue weighted by Crippen LogP contribution is -2.55. The van der Waals surface area contributed by atoms with Crippen molar-refractivity contribution in [2.45, 2.75) is 76.3 Å². The number of pyridine rings is 1. The van der Waals surface area contributed by atoms with Crippen LogP contribution in [0, 0.1) is 10.8 Å². The first-order chi connectivity index (χ1) is 34.9. The van der Waals surface area contributed by atoms with E-state index in [4.69, 9.17) is 14.7 Å². The molecule has 2 N–H and O–H groups in total. The molecule has 9 aromatic rings. The Kier molecular flexibility index (Phi) is 10.9. The van der Waals surface area contributed by atoms with Crippen LogP contribution in [0.1, 0.15) is 109 Å². The average molecular weight is 990 g/mol. The molecule has 4 aromatic carbocycles. The summed E-state index contributed by atoms with van der Waals surface area (Å²) in [5.41, 5.74) is 9.20. The van der Waals surface area contributed by atoms with Crippen molar-refractivity contribution >= 4 is 44.8 Å². The maximum Gasteiger partial charge on any atom is 0.234 e. The SMILES string of the molecule is CC12CC(C)(C(=O)Nc3nc(Cc4ccc(-c5ccncc5)cc4)cs3)C(c3ccccc31)n1cnnc12.COc1ccc(Cc2csc(NC(=O)C3(C)CC4(C)c5ccccc5C3n3cnnc34)n2)cc1. The summed E-state index contributed by atoms with van der Waals surface area (Å²) in [7, 11) is 1.66. The van der Waals surface area contributed by atoms with E-state index in [1.807, 2.05) is 59.3 Å². The summed E-state index contributed by atoms with van der Waals surface area (Å²) in [5.74, 6) is 2.64. The Balaban J connectivity index is 0.000000148. The lowest BCUT2D eigenvalue weighted by Gasteiger charge is -2.54. The number of carbonyl (C=O) groups excluding carboxylic acids is 2. The molecule has 2 aliphatic carbocycles. The number of anilines is 2. The number of rotatable bonds is 10. The third kappa shape index (κ3) is 7.37. The number of benzene rings is 4. The monoisotopic (exact) mass is 989 g/mol. The Hall–Kier alpha value is -7.69. The van der Waals surface area contributed by atoms with E-state index in [0.29, 0.717) is 35.9 Å². The molecule has 16 heteroatoms. The summed E-state index contributed by atoms with van der Waals surface area (Å²) in [6.45, 7) is 8.46. The van der Waals surface area contributed by atoms with Crippen LogP contribution in [-0.2, 0) is 33.3 Å². The second kappa shape index (κ2) is 17.3. The van der Waals surface area contributed by atoms with Crippen LogP contribution >= 0.6 is 22.7 Å². The van der Waals surface area contributed by atoms with Gasteiger partial charge in [0.05, 0.1) is 52.2 Å². The highest BCUT2D eigenvalue weighted by Crippen LogP contribution is 2.62. The van der Waals surface area contributed by atoms with E-state index in [1.54, 1.807) is 32.2 Å². The minimum atomic E-state index is -0.674. The number of nitrogens with zero attached hydrogens (tertiary/aromatic N) is 9.